The van der Waals surface area contributed by atoms with E-state index in [4.69, 9.17) is 4.74 Å². The van der Waals surface area contributed by atoms with Crippen LogP contribution in [-0.4, -0.2) is 37.7 Å². The van der Waals surface area contributed by atoms with Gasteiger partial charge < -0.3 is 15.2 Å². The highest BCUT2D eigenvalue weighted by atomic mass is 79.9. The molecule has 2 atom stereocenters. The van der Waals surface area contributed by atoms with Gasteiger partial charge in [-0.1, -0.05) is 46.3 Å². The number of rotatable bonds is 7. The molecule has 1 aliphatic rings. The Morgan fingerprint density at radius 3 is 2.43 bits per heavy atom. The zero-order valence-electron chi connectivity index (χ0n) is 19.4. The minimum absolute atomic E-state index is 0.0635. The molecule has 1 amide bonds. The van der Waals surface area contributed by atoms with Crippen LogP contribution in [0.5, 0.6) is 5.75 Å². The van der Waals surface area contributed by atoms with Crippen molar-refractivity contribution in [2.75, 3.05) is 6.54 Å². The Labute approximate surface area is 213 Å². The van der Waals surface area contributed by atoms with Crippen molar-refractivity contribution in [2.24, 2.45) is 0 Å². The van der Waals surface area contributed by atoms with Crippen molar-refractivity contribution in [1.82, 2.24) is 10.0 Å². The summed E-state index contributed by atoms with van der Waals surface area (Å²) in [5.41, 5.74) is 0.798. The van der Waals surface area contributed by atoms with Crippen LogP contribution in [0.25, 0.3) is 0 Å². The average molecular weight is 559 g/mol. The van der Waals surface area contributed by atoms with Crippen molar-refractivity contribution < 1.29 is 23.1 Å². The standard InChI is InChI=1S/C26H27BrN2O5S/c1-26(2)24(30)23(29-35(32,33)20-11-9-19(27)10-12-20)21-16-18(8-13-22(21)34-26)25(31)28-15-14-17-6-4-3-5-7-17/h3-13,16,23-24,29-30H,14-15H2,1-2H3,(H,28,31)/t23-,24+/m1/s1. The first-order chi connectivity index (χ1) is 16.6. The van der Waals surface area contributed by atoms with E-state index in [1.165, 1.54) is 12.1 Å². The number of carbonyl (C=O) groups is 1. The maximum Gasteiger partial charge on any atom is 0.251 e. The van der Waals surface area contributed by atoms with Crippen molar-refractivity contribution >= 4 is 31.9 Å². The van der Waals surface area contributed by atoms with Gasteiger partial charge in [0.15, 0.2) is 0 Å². The Balaban J connectivity index is 1.58. The summed E-state index contributed by atoms with van der Waals surface area (Å²) in [6, 6.07) is 19.8. The third-order valence-corrected chi connectivity index (χ3v) is 7.94. The molecule has 0 saturated heterocycles. The van der Waals surface area contributed by atoms with Gasteiger partial charge in [-0.3, -0.25) is 4.79 Å². The largest absolute Gasteiger partial charge is 0.485 e. The zero-order chi connectivity index (χ0) is 25.2. The second kappa shape index (κ2) is 10.1. The minimum Gasteiger partial charge on any atom is -0.485 e. The second-order valence-electron chi connectivity index (χ2n) is 8.95. The normalized spacial score (nSPS) is 18.9. The number of ether oxygens (including phenoxy) is 1. The lowest BCUT2D eigenvalue weighted by Gasteiger charge is -2.42. The van der Waals surface area contributed by atoms with Crippen LogP contribution in [0.15, 0.2) is 82.2 Å². The summed E-state index contributed by atoms with van der Waals surface area (Å²) in [6.45, 7) is 3.82. The van der Waals surface area contributed by atoms with Crippen LogP contribution in [0, 0.1) is 0 Å². The predicted octanol–water partition coefficient (Wildman–Crippen LogP) is 3.97. The molecule has 0 aromatic heterocycles. The molecule has 3 aromatic carbocycles. The molecule has 4 rings (SSSR count). The third-order valence-electron chi connectivity index (χ3n) is 5.96. The van der Waals surface area contributed by atoms with Crippen molar-refractivity contribution in [3.05, 3.63) is 94.0 Å². The van der Waals surface area contributed by atoms with Gasteiger partial charge >= 0.3 is 0 Å². The summed E-state index contributed by atoms with van der Waals surface area (Å²) in [4.78, 5) is 12.9. The first kappa shape index (κ1) is 25.4. The van der Waals surface area contributed by atoms with Crippen LogP contribution in [0.1, 0.15) is 41.4 Å². The number of fused-ring (bicyclic) bond motifs is 1. The number of amides is 1. The van der Waals surface area contributed by atoms with Crippen LogP contribution >= 0.6 is 15.9 Å². The molecule has 0 radical (unpaired) electrons. The third kappa shape index (κ3) is 5.75. The van der Waals surface area contributed by atoms with Crippen LogP contribution in [0.4, 0.5) is 0 Å². The highest BCUT2D eigenvalue weighted by Gasteiger charge is 2.44. The number of sulfonamides is 1. The fourth-order valence-electron chi connectivity index (χ4n) is 3.98. The van der Waals surface area contributed by atoms with E-state index in [2.05, 4.69) is 26.0 Å². The molecule has 1 aliphatic heterocycles. The Morgan fingerprint density at radius 2 is 1.74 bits per heavy atom. The molecule has 7 nitrogen and oxygen atoms in total. The summed E-state index contributed by atoms with van der Waals surface area (Å²) in [5, 5.41) is 13.9. The van der Waals surface area contributed by atoms with Crippen molar-refractivity contribution in [3.8, 4) is 5.75 Å². The number of halogens is 1. The summed E-state index contributed by atoms with van der Waals surface area (Å²) in [5.74, 6) is 0.113. The van der Waals surface area contributed by atoms with E-state index in [9.17, 15) is 18.3 Å². The van der Waals surface area contributed by atoms with E-state index in [-0.39, 0.29) is 10.8 Å². The number of hydrogen-bond acceptors (Lipinski definition) is 5. The van der Waals surface area contributed by atoms with Gasteiger partial charge in [0.2, 0.25) is 10.0 Å². The summed E-state index contributed by atoms with van der Waals surface area (Å²) in [7, 11) is -3.97. The number of nitrogens with one attached hydrogen (secondary N) is 2. The number of carbonyl (C=O) groups excluding carboxylic acids is 1. The fourth-order valence-corrected chi connectivity index (χ4v) is 5.47. The molecular weight excluding hydrogens is 532 g/mol. The van der Waals surface area contributed by atoms with Crippen LogP contribution in [0.3, 0.4) is 0 Å². The lowest BCUT2D eigenvalue weighted by atomic mass is 9.86. The molecule has 0 spiro atoms. The monoisotopic (exact) mass is 558 g/mol. The molecule has 184 valence electrons. The Kier molecular flexibility index (Phi) is 7.32. The fraction of sp³-hybridized carbons (Fsp3) is 0.269. The van der Waals surface area contributed by atoms with Crippen molar-refractivity contribution in [3.63, 3.8) is 0 Å². The molecule has 0 unspecified atom stereocenters. The molecule has 3 aromatic rings. The van der Waals surface area contributed by atoms with Crippen LogP contribution in [-0.2, 0) is 16.4 Å². The van der Waals surface area contributed by atoms with Gasteiger partial charge in [-0.25, -0.2) is 13.1 Å². The van der Waals surface area contributed by atoms with E-state index in [0.717, 1.165) is 10.0 Å². The molecule has 35 heavy (non-hydrogen) atoms. The lowest BCUT2D eigenvalue weighted by molar-refractivity contribution is -0.0603. The quantitative estimate of drug-likeness (QED) is 0.407. The molecule has 9 heteroatoms. The molecule has 0 saturated carbocycles. The van der Waals surface area contributed by atoms with Crippen molar-refractivity contribution in [2.45, 2.75) is 42.9 Å². The van der Waals surface area contributed by atoms with E-state index < -0.39 is 27.8 Å². The molecule has 0 aliphatic carbocycles. The maximum absolute atomic E-state index is 13.1. The smallest absolute Gasteiger partial charge is 0.251 e. The number of benzene rings is 3. The summed E-state index contributed by atoms with van der Waals surface area (Å²) >= 11 is 3.30. The minimum atomic E-state index is -3.97. The van der Waals surface area contributed by atoms with E-state index in [0.29, 0.717) is 29.8 Å². The van der Waals surface area contributed by atoms with E-state index >= 15 is 0 Å². The van der Waals surface area contributed by atoms with Gasteiger partial charge in [-0.15, -0.1) is 0 Å². The summed E-state index contributed by atoms with van der Waals surface area (Å²) < 4.78 is 35.5. The summed E-state index contributed by atoms with van der Waals surface area (Å²) in [6.07, 6.45) is -0.514. The molecule has 0 fully saturated rings. The number of hydrogen-bond donors (Lipinski definition) is 3. The first-order valence-electron chi connectivity index (χ1n) is 11.2. The molecular formula is C26H27BrN2O5S. The van der Waals surface area contributed by atoms with Crippen molar-refractivity contribution in [1.29, 1.82) is 0 Å². The highest BCUT2D eigenvalue weighted by molar-refractivity contribution is 9.10. The maximum atomic E-state index is 13.1. The van der Waals surface area contributed by atoms with Crippen LogP contribution < -0.4 is 14.8 Å². The topological polar surface area (TPSA) is 105 Å². The van der Waals surface area contributed by atoms with Gasteiger partial charge in [0.25, 0.3) is 5.91 Å². The second-order valence-corrected chi connectivity index (χ2v) is 11.6. The predicted molar refractivity (Wildman–Crippen MR) is 137 cm³/mol. The SMILES string of the molecule is CC1(C)Oc2ccc(C(=O)NCCc3ccccc3)cc2[C@@H](NS(=O)(=O)c2ccc(Br)cc2)[C@@H]1O. The number of aliphatic hydroxyl groups excluding tert-OH is 1. The molecule has 1 heterocycles. The van der Waals surface area contributed by atoms with Gasteiger partial charge in [0.05, 0.1) is 10.9 Å². The van der Waals surface area contributed by atoms with Gasteiger partial charge in [-0.05, 0) is 68.3 Å². The number of aliphatic hydroxyl groups is 1. The zero-order valence-corrected chi connectivity index (χ0v) is 21.8. The van der Waals surface area contributed by atoms with Crippen LogP contribution in [0.2, 0.25) is 0 Å². The molecule has 3 N–H and O–H groups in total. The lowest BCUT2D eigenvalue weighted by Crippen LogP contribution is -2.53. The first-order valence-corrected chi connectivity index (χ1v) is 13.5. The van der Waals surface area contributed by atoms with E-state index in [1.807, 2.05) is 30.3 Å². The Hall–Kier alpha value is -2.72. The Bertz CT molecular complexity index is 1310. The molecule has 0 bridgehead atoms. The van der Waals surface area contributed by atoms with Gasteiger partial charge in [-0.2, -0.15) is 0 Å². The van der Waals surface area contributed by atoms with E-state index in [1.54, 1.807) is 44.2 Å². The van der Waals surface area contributed by atoms with Gasteiger partial charge in [0, 0.05) is 22.1 Å². The Morgan fingerprint density at radius 1 is 1.06 bits per heavy atom. The average Bonchev–Trinajstić information content (AvgIpc) is 2.82. The van der Waals surface area contributed by atoms with Gasteiger partial charge in [0.1, 0.15) is 17.5 Å². The highest BCUT2D eigenvalue weighted by Crippen LogP contribution is 2.41.